The van der Waals surface area contributed by atoms with Crippen molar-refractivity contribution < 1.29 is 23.4 Å². The number of pyridine rings is 1. The van der Waals surface area contributed by atoms with Crippen molar-refractivity contribution in [1.82, 2.24) is 4.98 Å². The summed E-state index contributed by atoms with van der Waals surface area (Å²) in [7, 11) is 0. The molecule has 102 valence electrons. The maximum absolute atomic E-state index is 12.7. The molecule has 0 saturated carbocycles. The van der Waals surface area contributed by atoms with E-state index in [9.17, 15) is 23.4 Å². The van der Waals surface area contributed by atoms with E-state index in [0.29, 0.717) is 6.20 Å². The normalized spacial score (nSPS) is 15.5. The fourth-order valence-corrected chi connectivity index (χ4v) is 1.79. The van der Waals surface area contributed by atoms with Crippen molar-refractivity contribution in [1.29, 1.82) is 0 Å². The van der Waals surface area contributed by atoms with Gasteiger partial charge in [-0.3, -0.25) is 0 Å². The number of halogens is 5. The highest BCUT2D eigenvalue weighted by Gasteiger charge is 2.37. The zero-order valence-electron chi connectivity index (χ0n) is 8.96. The second kappa shape index (κ2) is 6.06. The van der Waals surface area contributed by atoms with Crippen LogP contribution in [0.3, 0.4) is 0 Å². The van der Waals surface area contributed by atoms with Crippen molar-refractivity contribution in [2.45, 2.75) is 24.8 Å². The molecule has 2 atom stereocenters. The van der Waals surface area contributed by atoms with Crippen molar-refractivity contribution in [3.63, 3.8) is 0 Å². The summed E-state index contributed by atoms with van der Waals surface area (Å²) in [6.07, 6.45) is -7.33. The first-order chi connectivity index (χ1) is 8.27. The van der Waals surface area contributed by atoms with Gasteiger partial charge in [-0.1, -0.05) is 11.6 Å². The summed E-state index contributed by atoms with van der Waals surface area (Å²) in [5, 5.41) is 19.0. The number of aliphatic hydroxyl groups excluding tert-OH is 2. The summed E-state index contributed by atoms with van der Waals surface area (Å²) in [5.74, 6) is 0.0123. The number of alkyl halides is 4. The van der Waals surface area contributed by atoms with Gasteiger partial charge in [-0.25, -0.2) is 4.98 Å². The average molecular weight is 304 g/mol. The van der Waals surface area contributed by atoms with Gasteiger partial charge in [0.2, 0.25) is 0 Å². The summed E-state index contributed by atoms with van der Waals surface area (Å²) in [6, 6.07) is 0.881. The molecular formula is C10H10Cl2F3NO2. The molecule has 0 aliphatic carbocycles. The summed E-state index contributed by atoms with van der Waals surface area (Å²) in [6.45, 7) is 0. The van der Waals surface area contributed by atoms with Crippen LogP contribution in [0.25, 0.3) is 0 Å². The van der Waals surface area contributed by atoms with Crippen LogP contribution in [0.15, 0.2) is 12.3 Å². The van der Waals surface area contributed by atoms with Gasteiger partial charge >= 0.3 is 6.18 Å². The van der Waals surface area contributed by atoms with Gasteiger partial charge < -0.3 is 10.2 Å². The Hall–Kier alpha value is -0.560. The van der Waals surface area contributed by atoms with Gasteiger partial charge in [0.15, 0.2) is 0 Å². The molecule has 0 amide bonds. The highest BCUT2D eigenvalue weighted by Crippen LogP contribution is 2.36. The van der Waals surface area contributed by atoms with Crippen LogP contribution in [-0.4, -0.2) is 27.2 Å². The molecule has 1 heterocycles. The van der Waals surface area contributed by atoms with E-state index >= 15 is 0 Å². The van der Waals surface area contributed by atoms with Crippen LogP contribution in [0, 0.1) is 0 Å². The quantitative estimate of drug-likeness (QED) is 0.664. The third-order valence-electron chi connectivity index (χ3n) is 2.30. The number of nitrogens with zero attached hydrogens (tertiary/aromatic N) is 1. The van der Waals surface area contributed by atoms with Crippen molar-refractivity contribution in [2.75, 3.05) is 5.88 Å². The monoisotopic (exact) mass is 303 g/mol. The van der Waals surface area contributed by atoms with Crippen LogP contribution in [0.4, 0.5) is 13.2 Å². The molecule has 3 nitrogen and oxygen atoms in total. The lowest BCUT2D eigenvalue weighted by Crippen LogP contribution is -2.22. The summed E-state index contributed by atoms with van der Waals surface area (Å²) in [5.41, 5.74) is -1.65. The Labute approximate surface area is 111 Å². The summed E-state index contributed by atoms with van der Waals surface area (Å²) in [4.78, 5) is 3.32. The van der Waals surface area contributed by atoms with Gasteiger partial charge in [-0.05, 0) is 18.1 Å². The second-order valence-corrected chi connectivity index (χ2v) is 4.35. The first-order valence-electron chi connectivity index (χ1n) is 4.92. The topological polar surface area (TPSA) is 53.4 Å². The van der Waals surface area contributed by atoms with Gasteiger partial charge in [-0.2, -0.15) is 13.2 Å². The minimum atomic E-state index is -4.69. The van der Waals surface area contributed by atoms with E-state index in [2.05, 4.69) is 4.98 Å². The maximum atomic E-state index is 12.7. The maximum Gasteiger partial charge on any atom is 0.418 e. The van der Waals surface area contributed by atoms with E-state index in [1.54, 1.807) is 0 Å². The number of hydrogen-bond acceptors (Lipinski definition) is 3. The third-order valence-corrected chi connectivity index (χ3v) is 2.72. The van der Waals surface area contributed by atoms with Crippen LogP contribution in [0.5, 0.6) is 0 Å². The van der Waals surface area contributed by atoms with Crippen molar-refractivity contribution in [3.8, 4) is 0 Å². The molecule has 18 heavy (non-hydrogen) atoms. The molecule has 1 aromatic rings. The van der Waals surface area contributed by atoms with Gasteiger partial charge in [0.1, 0.15) is 11.3 Å². The van der Waals surface area contributed by atoms with Gasteiger partial charge in [0.25, 0.3) is 0 Å². The Morgan fingerprint density at radius 1 is 1.33 bits per heavy atom. The lowest BCUT2D eigenvalue weighted by atomic mass is 9.99. The van der Waals surface area contributed by atoms with E-state index in [0.717, 1.165) is 6.07 Å². The molecule has 1 aromatic heterocycles. The number of hydrogen-bond donors (Lipinski definition) is 2. The molecule has 0 spiro atoms. The van der Waals surface area contributed by atoms with Gasteiger partial charge in [0.05, 0.1) is 11.7 Å². The Balaban J connectivity index is 3.17. The predicted molar refractivity (Wildman–Crippen MR) is 60.6 cm³/mol. The highest BCUT2D eigenvalue weighted by atomic mass is 35.5. The zero-order chi connectivity index (χ0) is 13.9. The van der Waals surface area contributed by atoms with E-state index in [-0.39, 0.29) is 17.5 Å². The molecule has 0 radical (unpaired) electrons. The van der Waals surface area contributed by atoms with Gasteiger partial charge in [0, 0.05) is 12.1 Å². The lowest BCUT2D eigenvalue weighted by Gasteiger charge is -2.21. The van der Waals surface area contributed by atoms with Crippen molar-refractivity contribution in [3.05, 3.63) is 28.5 Å². The number of aromatic nitrogens is 1. The SMILES string of the molecule is OC(CCCl)C(O)c1cc(Cl)ncc1C(F)(F)F. The molecule has 0 bridgehead atoms. The third kappa shape index (κ3) is 3.71. The van der Waals surface area contributed by atoms with E-state index in [4.69, 9.17) is 23.2 Å². The molecule has 0 aliphatic heterocycles. The van der Waals surface area contributed by atoms with E-state index in [1.807, 2.05) is 0 Å². The minimum Gasteiger partial charge on any atom is -0.390 e. The fraction of sp³-hybridized carbons (Fsp3) is 0.500. The molecule has 1 rings (SSSR count). The van der Waals surface area contributed by atoms with Crippen LogP contribution < -0.4 is 0 Å². The van der Waals surface area contributed by atoms with Crippen molar-refractivity contribution >= 4 is 23.2 Å². The average Bonchev–Trinajstić information content (AvgIpc) is 2.26. The Morgan fingerprint density at radius 3 is 2.44 bits per heavy atom. The Kier molecular flexibility index (Phi) is 5.21. The molecule has 0 aliphatic rings. The molecule has 2 unspecified atom stereocenters. The highest BCUT2D eigenvalue weighted by molar-refractivity contribution is 6.29. The van der Waals surface area contributed by atoms with Crippen LogP contribution in [-0.2, 0) is 6.18 Å². The number of aliphatic hydroxyl groups is 2. The molecular weight excluding hydrogens is 294 g/mol. The Bertz CT molecular complexity index is 415. The number of rotatable bonds is 4. The minimum absolute atomic E-state index is 0.0123. The van der Waals surface area contributed by atoms with E-state index in [1.165, 1.54) is 0 Å². The summed E-state index contributed by atoms with van der Waals surface area (Å²) < 4.78 is 38.1. The molecule has 0 fully saturated rings. The first kappa shape index (κ1) is 15.5. The van der Waals surface area contributed by atoms with Crippen LogP contribution in [0.1, 0.15) is 23.7 Å². The zero-order valence-corrected chi connectivity index (χ0v) is 10.5. The first-order valence-corrected chi connectivity index (χ1v) is 5.83. The molecule has 2 N–H and O–H groups in total. The Morgan fingerprint density at radius 2 is 1.94 bits per heavy atom. The van der Waals surface area contributed by atoms with Crippen molar-refractivity contribution in [2.24, 2.45) is 0 Å². The predicted octanol–water partition coefficient (Wildman–Crippen LogP) is 2.78. The van der Waals surface area contributed by atoms with E-state index < -0.39 is 29.5 Å². The molecule has 0 saturated heterocycles. The standard InChI is InChI=1S/C10H10Cl2F3NO2/c11-2-1-7(17)9(18)5-3-8(12)16-4-6(5)10(13,14)15/h3-4,7,9,17-18H,1-2H2. The smallest absolute Gasteiger partial charge is 0.390 e. The lowest BCUT2D eigenvalue weighted by molar-refractivity contribution is -0.140. The molecule has 8 heteroatoms. The molecule has 0 aromatic carbocycles. The summed E-state index contributed by atoms with van der Waals surface area (Å²) >= 11 is 10.9. The second-order valence-electron chi connectivity index (χ2n) is 3.58. The largest absolute Gasteiger partial charge is 0.418 e. The van der Waals surface area contributed by atoms with Crippen LogP contribution >= 0.6 is 23.2 Å². The van der Waals surface area contributed by atoms with Crippen LogP contribution in [0.2, 0.25) is 5.15 Å². The van der Waals surface area contributed by atoms with Gasteiger partial charge in [-0.15, -0.1) is 11.6 Å². The fourth-order valence-electron chi connectivity index (χ4n) is 1.40.